The minimum Gasteiger partial charge on any atom is -0.437 e. The number of halogens is 1. The van der Waals surface area contributed by atoms with Crippen molar-refractivity contribution in [3.8, 4) is 0 Å². The van der Waals surface area contributed by atoms with Crippen molar-refractivity contribution in [3.63, 3.8) is 0 Å². The Kier molecular flexibility index (Phi) is 4.13. The van der Waals surface area contributed by atoms with E-state index in [0.29, 0.717) is 11.8 Å². The van der Waals surface area contributed by atoms with Gasteiger partial charge in [-0.15, -0.1) is 11.6 Å². The van der Waals surface area contributed by atoms with Gasteiger partial charge in [0, 0.05) is 11.6 Å². The van der Waals surface area contributed by atoms with Gasteiger partial charge in [0.05, 0.1) is 5.69 Å². The predicted octanol–water partition coefficient (Wildman–Crippen LogP) is 3.26. The molecule has 0 radical (unpaired) electrons. The van der Waals surface area contributed by atoms with Gasteiger partial charge in [-0.25, -0.2) is 4.98 Å². The van der Waals surface area contributed by atoms with Crippen LogP contribution in [-0.2, 0) is 0 Å². The fraction of sp³-hybridized carbons (Fsp3) is 0.667. The van der Waals surface area contributed by atoms with Crippen LogP contribution in [0.3, 0.4) is 0 Å². The summed E-state index contributed by atoms with van der Waals surface area (Å²) in [5, 5.41) is 0.756. The summed E-state index contributed by atoms with van der Waals surface area (Å²) in [5.41, 5.74) is 0.973. The second kappa shape index (κ2) is 4.91. The fourth-order valence-electron chi connectivity index (χ4n) is 0.763. The molecule has 0 aliphatic heterocycles. The molecule has 0 spiro atoms. The van der Waals surface area contributed by atoms with Crippen LogP contribution >= 0.6 is 23.4 Å². The van der Waals surface area contributed by atoms with E-state index in [9.17, 15) is 0 Å². The molecule has 0 saturated carbocycles. The number of alkyl halides is 1. The first-order valence-corrected chi connectivity index (χ1v) is 5.78. The highest BCUT2D eigenvalue weighted by atomic mass is 35.5. The van der Waals surface area contributed by atoms with Crippen LogP contribution in [0, 0.1) is 19.8 Å². The third-order valence-electron chi connectivity index (χ3n) is 1.76. The largest absolute Gasteiger partial charge is 0.437 e. The molecule has 13 heavy (non-hydrogen) atoms. The van der Waals surface area contributed by atoms with Gasteiger partial charge in [0.2, 0.25) is 0 Å². The van der Waals surface area contributed by atoms with E-state index in [1.54, 1.807) is 11.8 Å². The molecule has 0 fully saturated rings. The highest BCUT2D eigenvalue weighted by Crippen LogP contribution is 2.22. The van der Waals surface area contributed by atoms with E-state index < -0.39 is 0 Å². The average Bonchev–Trinajstić information content (AvgIpc) is 2.42. The number of hydrogen-bond acceptors (Lipinski definition) is 3. The summed E-state index contributed by atoms with van der Waals surface area (Å²) < 4.78 is 5.42. The standard InChI is InChI=1S/C9H14ClNOS/c1-6(4-10)5-13-9-11-7(2)8(3)12-9/h6H,4-5H2,1-3H3. The van der Waals surface area contributed by atoms with E-state index in [0.717, 1.165) is 22.4 Å². The van der Waals surface area contributed by atoms with Gasteiger partial charge in [-0.05, 0) is 19.8 Å². The van der Waals surface area contributed by atoms with Crippen molar-refractivity contribution in [2.45, 2.75) is 26.0 Å². The summed E-state index contributed by atoms with van der Waals surface area (Å²) in [6, 6.07) is 0. The van der Waals surface area contributed by atoms with Gasteiger partial charge in [-0.2, -0.15) is 0 Å². The third-order valence-corrected chi connectivity index (χ3v) is 3.45. The van der Waals surface area contributed by atoms with Crippen molar-refractivity contribution >= 4 is 23.4 Å². The summed E-state index contributed by atoms with van der Waals surface area (Å²) >= 11 is 7.32. The lowest BCUT2D eigenvalue weighted by Crippen LogP contribution is -1.98. The highest BCUT2D eigenvalue weighted by Gasteiger charge is 2.08. The smallest absolute Gasteiger partial charge is 0.256 e. The molecular formula is C9H14ClNOS. The Bertz CT molecular complexity index is 255. The van der Waals surface area contributed by atoms with E-state index in [4.69, 9.17) is 16.0 Å². The Hall–Kier alpha value is -0.150. The van der Waals surface area contributed by atoms with Crippen LogP contribution in [0.15, 0.2) is 9.64 Å². The minimum absolute atomic E-state index is 0.499. The van der Waals surface area contributed by atoms with E-state index >= 15 is 0 Å². The van der Waals surface area contributed by atoms with Crippen molar-refractivity contribution in [3.05, 3.63) is 11.5 Å². The van der Waals surface area contributed by atoms with E-state index in [-0.39, 0.29) is 0 Å². The van der Waals surface area contributed by atoms with Crippen molar-refractivity contribution in [1.29, 1.82) is 0 Å². The lowest BCUT2D eigenvalue weighted by molar-refractivity contribution is 0.430. The summed E-state index contributed by atoms with van der Waals surface area (Å²) in [7, 11) is 0. The maximum Gasteiger partial charge on any atom is 0.256 e. The van der Waals surface area contributed by atoms with Gasteiger partial charge in [-0.1, -0.05) is 18.7 Å². The van der Waals surface area contributed by atoms with E-state index in [1.807, 2.05) is 13.8 Å². The Balaban J connectivity index is 2.45. The van der Waals surface area contributed by atoms with Crippen LogP contribution in [0.4, 0.5) is 0 Å². The second-order valence-corrected chi connectivity index (χ2v) is 4.47. The van der Waals surface area contributed by atoms with Crippen LogP contribution in [-0.4, -0.2) is 16.6 Å². The lowest BCUT2D eigenvalue weighted by atomic mass is 10.3. The van der Waals surface area contributed by atoms with Gasteiger partial charge in [0.15, 0.2) is 0 Å². The van der Waals surface area contributed by atoms with Crippen molar-refractivity contribution in [2.24, 2.45) is 5.92 Å². The Morgan fingerprint density at radius 2 is 2.23 bits per heavy atom. The molecule has 4 heteroatoms. The van der Waals surface area contributed by atoms with Gasteiger partial charge in [-0.3, -0.25) is 0 Å². The Morgan fingerprint density at radius 1 is 1.54 bits per heavy atom. The van der Waals surface area contributed by atoms with Gasteiger partial charge >= 0.3 is 0 Å². The lowest BCUT2D eigenvalue weighted by Gasteiger charge is -2.02. The minimum atomic E-state index is 0.499. The van der Waals surface area contributed by atoms with Crippen molar-refractivity contribution in [1.82, 2.24) is 4.98 Å². The maximum atomic E-state index is 5.69. The third kappa shape index (κ3) is 3.24. The number of oxazole rings is 1. The van der Waals surface area contributed by atoms with Crippen LogP contribution in [0.2, 0.25) is 0 Å². The number of aryl methyl sites for hydroxylation is 2. The molecule has 0 saturated heterocycles. The number of thioether (sulfide) groups is 1. The predicted molar refractivity (Wildman–Crippen MR) is 56.6 cm³/mol. The SMILES string of the molecule is Cc1nc(SCC(C)CCl)oc1C. The normalized spacial score (nSPS) is 13.2. The molecule has 1 unspecified atom stereocenters. The Morgan fingerprint density at radius 3 is 2.69 bits per heavy atom. The number of aromatic nitrogens is 1. The van der Waals surface area contributed by atoms with Crippen LogP contribution in [0.25, 0.3) is 0 Å². The zero-order chi connectivity index (χ0) is 9.84. The first kappa shape index (κ1) is 10.9. The molecule has 0 aliphatic carbocycles. The summed E-state index contributed by atoms with van der Waals surface area (Å²) in [6.45, 7) is 5.99. The second-order valence-electron chi connectivity index (χ2n) is 3.19. The molecule has 1 heterocycles. The highest BCUT2D eigenvalue weighted by molar-refractivity contribution is 7.99. The van der Waals surface area contributed by atoms with Crippen LogP contribution < -0.4 is 0 Å². The van der Waals surface area contributed by atoms with Gasteiger partial charge in [0.25, 0.3) is 5.22 Å². The molecule has 74 valence electrons. The fourth-order valence-corrected chi connectivity index (χ4v) is 1.93. The first-order valence-electron chi connectivity index (χ1n) is 4.26. The maximum absolute atomic E-state index is 5.69. The van der Waals surface area contributed by atoms with E-state index in [1.165, 1.54) is 0 Å². The number of nitrogens with zero attached hydrogens (tertiary/aromatic N) is 1. The number of rotatable bonds is 4. The topological polar surface area (TPSA) is 26.0 Å². The monoisotopic (exact) mass is 219 g/mol. The zero-order valence-corrected chi connectivity index (χ0v) is 9.71. The molecule has 0 N–H and O–H groups in total. The van der Waals surface area contributed by atoms with Crippen LogP contribution in [0.1, 0.15) is 18.4 Å². The molecule has 1 atom stereocenters. The molecule has 0 aromatic carbocycles. The van der Waals surface area contributed by atoms with Gasteiger partial charge < -0.3 is 4.42 Å². The van der Waals surface area contributed by atoms with Crippen molar-refractivity contribution < 1.29 is 4.42 Å². The van der Waals surface area contributed by atoms with Crippen LogP contribution in [0.5, 0.6) is 0 Å². The van der Waals surface area contributed by atoms with E-state index in [2.05, 4.69) is 11.9 Å². The quantitative estimate of drug-likeness (QED) is 0.574. The van der Waals surface area contributed by atoms with Crippen molar-refractivity contribution in [2.75, 3.05) is 11.6 Å². The molecule has 1 rings (SSSR count). The molecule has 1 aromatic heterocycles. The summed E-state index contributed by atoms with van der Waals surface area (Å²) in [5.74, 6) is 3.05. The Labute approximate surface area is 88.1 Å². The zero-order valence-electron chi connectivity index (χ0n) is 8.13. The molecule has 2 nitrogen and oxygen atoms in total. The molecule has 0 aliphatic rings. The summed E-state index contributed by atoms with van der Waals surface area (Å²) in [6.07, 6.45) is 0. The molecular weight excluding hydrogens is 206 g/mol. The molecule has 1 aromatic rings. The number of hydrogen-bond donors (Lipinski definition) is 0. The average molecular weight is 220 g/mol. The molecule has 0 amide bonds. The summed E-state index contributed by atoms with van der Waals surface area (Å²) in [4.78, 5) is 4.27. The molecule has 0 bridgehead atoms. The van der Waals surface area contributed by atoms with Gasteiger partial charge in [0.1, 0.15) is 5.76 Å². The first-order chi connectivity index (χ1) is 6.13.